The summed E-state index contributed by atoms with van der Waals surface area (Å²) in [6.07, 6.45) is 7.52. The Labute approximate surface area is 215 Å². The molecule has 0 bridgehead atoms. The van der Waals surface area contributed by atoms with Gasteiger partial charge in [0.1, 0.15) is 11.6 Å². The van der Waals surface area contributed by atoms with Crippen LogP contribution in [0.3, 0.4) is 0 Å². The number of hydrogen-bond acceptors (Lipinski definition) is 4. The van der Waals surface area contributed by atoms with Crippen LogP contribution in [0.5, 0.6) is 0 Å². The molecule has 0 saturated carbocycles. The highest BCUT2D eigenvalue weighted by molar-refractivity contribution is 6.13. The SMILES string of the molecule is CCCC(CCN1CCCCC1)Nc1nc(C)nc2c1c1ccccc1n2-c1c(C)cc(C)cc1C. The summed E-state index contributed by atoms with van der Waals surface area (Å²) in [5, 5.41) is 6.25. The van der Waals surface area contributed by atoms with Gasteiger partial charge in [-0.15, -0.1) is 0 Å². The lowest BCUT2D eigenvalue weighted by atomic mass is 10.0. The van der Waals surface area contributed by atoms with E-state index in [2.05, 4.69) is 78.9 Å². The number of nitrogens with one attached hydrogen (secondary N) is 1. The maximum atomic E-state index is 5.03. The Bertz CT molecular complexity index is 1340. The van der Waals surface area contributed by atoms with Gasteiger partial charge in [-0.25, -0.2) is 9.97 Å². The largest absolute Gasteiger partial charge is 0.367 e. The Balaban J connectivity index is 1.61. The van der Waals surface area contributed by atoms with Crippen molar-refractivity contribution in [1.82, 2.24) is 19.4 Å². The summed E-state index contributed by atoms with van der Waals surface area (Å²) in [4.78, 5) is 12.7. The van der Waals surface area contributed by atoms with Crippen LogP contribution in [0.25, 0.3) is 27.6 Å². The van der Waals surface area contributed by atoms with Crippen molar-refractivity contribution in [3.8, 4) is 5.69 Å². The molecule has 0 radical (unpaired) electrons. The minimum Gasteiger partial charge on any atom is -0.367 e. The number of piperidine rings is 1. The zero-order chi connectivity index (χ0) is 25.2. The van der Waals surface area contributed by atoms with Crippen molar-refractivity contribution in [2.24, 2.45) is 0 Å². The van der Waals surface area contributed by atoms with Crippen molar-refractivity contribution in [2.45, 2.75) is 79.2 Å². The minimum atomic E-state index is 0.402. The number of anilines is 1. The summed E-state index contributed by atoms with van der Waals surface area (Å²) in [6, 6.07) is 13.6. The van der Waals surface area contributed by atoms with Crippen LogP contribution < -0.4 is 5.32 Å². The molecule has 0 spiro atoms. The molecule has 5 rings (SSSR count). The molecule has 2 aromatic carbocycles. The van der Waals surface area contributed by atoms with Gasteiger partial charge in [-0.3, -0.25) is 4.57 Å². The zero-order valence-corrected chi connectivity index (χ0v) is 22.7. The lowest BCUT2D eigenvalue weighted by molar-refractivity contribution is 0.221. The Kier molecular flexibility index (Phi) is 7.29. The Morgan fingerprint density at radius 2 is 1.64 bits per heavy atom. The van der Waals surface area contributed by atoms with Gasteiger partial charge in [0.15, 0.2) is 5.65 Å². The fraction of sp³-hybridized carbons (Fsp3) is 0.484. The smallest absolute Gasteiger partial charge is 0.151 e. The van der Waals surface area contributed by atoms with Crippen molar-refractivity contribution >= 4 is 27.8 Å². The van der Waals surface area contributed by atoms with Gasteiger partial charge in [-0.1, -0.05) is 55.7 Å². The normalized spacial score (nSPS) is 15.6. The van der Waals surface area contributed by atoms with E-state index < -0.39 is 0 Å². The van der Waals surface area contributed by atoms with E-state index in [0.717, 1.165) is 48.5 Å². The number of nitrogens with zero attached hydrogens (tertiary/aromatic N) is 4. The third-order valence-corrected chi connectivity index (χ3v) is 7.71. The van der Waals surface area contributed by atoms with E-state index in [-0.39, 0.29) is 0 Å². The Morgan fingerprint density at radius 3 is 2.36 bits per heavy atom. The standard InChI is InChI=1S/C31H41N5/c1-6-12-25(15-18-35-16-10-7-11-17-35)34-30-28-26-13-8-9-14-27(26)36(31(28)33-24(5)32-30)29-22(3)19-21(2)20-23(29)4/h8-9,13-14,19-20,25H,6-7,10-12,15-18H2,1-5H3,(H,32,33,34). The average Bonchev–Trinajstić information content (AvgIpc) is 3.17. The highest BCUT2D eigenvalue weighted by atomic mass is 15.1. The lowest BCUT2D eigenvalue weighted by Crippen LogP contribution is -2.34. The fourth-order valence-corrected chi connectivity index (χ4v) is 6.17. The zero-order valence-electron chi connectivity index (χ0n) is 22.7. The average molecular weight is 484 g/mol. The van der Waals surface area contributed by atoms with Crippen LogP contribution in [0, 0.1) is 27.7 Å². The molecule has 1 atom stereocenters. The predicted octanol–water partition coefficient (Wildman–Crippen LogP) is 7.26. The molecule has 1 fully saturated rings. The number of benzene rings is 2. The molecule has 5 heteroatoms. The monoisotopic (exact) mass is 483 g/mol. The second-order valence-electron chi connectivity index (χ2n) is 10.7. The van der Waals surface area contributed by atoms with Crippen LogP contribution >= 0.6 is 0 Å². The van der Waals surface area contributed by atoms with Gasteiger partial charge in [0.05, 0.1) is 16.6 Å². The minimum absolute atomic E-state index is 0.402. The molecule has 1 aliphatic heterocycles. The first kappa shape index (κ1) is 24.8. The van der Waals surface area contributed by atoms with Crippen molar-refractivity contribution in [1.29, 1.82) is 0 Å². The topological polar surface area (TPSA) is 46.0 Å². The van der Waals surface area contributed by atoms with E-state index in [4.69, 9.17) is 9.97 Å². The molecule has 2 aromatic heterocycles. The number of para-hydroxylation sites is 1. The van der Waals surface area contributed by atoms with Gasteiger partial charge in [-0.2, -0.15) is 0 Å². The molecule has 3 heterocycles. The summed E-state index contributed by atoms with van der Waals surface area (Å²) in [5.74, 6) is 1.79. The van der Waals surface area contributed by atoms with Gasteiger partial charge >= 0.3 is 0 Å². The van der Waals surface area contributed by atoms with E-state index >= 15 is 0 Å². The number of aromatic nitrogens is 3. The lowest BCUT2D eigenvalue weighted by Gasteiger charge is -2.28. The van der Waals surface area contributed by atoms with Gasteiger partial charge in [0.2, 0.25) is 0 Å². The highest BCUT2D eigenvalue weighted by Gasteiger charge is 2.22. The van der Waals surface area contributed by atoms with Crippen LogP contribution in [0.15, 0.2) is 36.4 Å². The molecule has 1 N–H and O–H groups in total. The molecule has 4 aromatic rings. The van der Waals surface area contributed by atoms with E-state index in [9.17, 15) is 0 Å². The van der Waals surface area contributed by atoms with Crippen LogP contribution in [0.1, 0.15) is 68.0 Å². The highest BCUT2D eigenvalue weighted by Crippen LogP contribution is 2.37. The van der Waals surface area contributed by atoms with Crippen molar-refractivity contribution < 1.29 is 0 Å². The number of aryl methyl sites for hydroxylation is 4. The summed E-state index contributed by atoms with van der Waals surface area (Å²) in [6.45, 7) is 14.5. The molecule has 36 heavy (non-hydrogen) atoms. The first-order chi connectivity index (χ1) is 17.5. The predicted molar refractivity (Wildman–Crippen MR) is 153 cm³/mol. The van der Waals surface area contributed by atoms with Crippen LogP contribution in [-0.4, -0.2) is 45.1 Å². The van der Waals surface area contributed by atoms with E-state index in [1.165, 1.54) is 65.6 Å². The molecule has 1 unspecified atom stereocenters. The van der Waals surface area contributed by atoms with Gasteiger partial charge < -0.3 is 10.2 Å². The number of likely N-dealkylation sites (tertiary alicyclic amines) is 1. The van der Waals surface area contributed by atoms with E-state index in [1.807, 2.05) is 6.92 Å². The molecule has 1 aliphatic rings. The molecular weight excluding hydrogens is 442 g/mol. The summed E-state index contributed by atoms with van der Waals surface area (Å²) < 4.78 is 2.36. The second kappa shape index (κ2) is 10.6. The Morgan fingerprint density at radius 1 is 0.917 bits per heavy atom. The van der Waals surface area contributed by atoms with E-state index in [1.54, 1.807) is 0 Å². The first-order valence-electron chi connectivity index (χ1n) is 13.8. The van der Waals surface area contributed by atoms with E-state index in [0.29, 0.717) is 6.04 Å². The molecule has 5 nitrogen and oxygen atoms in total. The maximum absolute atomic E-state index is 5.03. The number of rotatable bonds is 8. The van der Waals surface area contributed by atoms with Crippen molar-refractivity contribution in [2.75, 3.05) is 25.0 Å². The molecule has 190 valence electrons. The fourth-order valence-electron chi connectivity index (χ4n) is 6.17. The Hall–Kier alpha value is -2.92. The summed E-state index contributed by atoms with van der Waals surface area (Å²) in [7, 11) is 0. The second-order valence-corrected chi connectivity index (χ2v) is 10.7. The maximum Gasteiger partial charge on any atom is 0.151 e. The van der Waals surface area contributed by atoms with Crippen LogP contribution in [0.4, 0.5) is 5.82 Å². The molecule has 0 aliphatic carbocycles. The van der Waals surface area contributed by atoms with Gasteiger partial charge in [0.25, 0.3) is 0 Å². The van der Waals surface area contributed by atoms with Crippen molar-refractivity contribution in [3.05, 3.63) is 58.9 Å². The summed E-state index contributed by atoms with van der Waals surface area (Å²) in [5.41, 5.74) is 7.24. The molecule has 0 amide bonds. The van der Waals surface area contributed by atoms with Crippen LogP contribution in [-0.2, 0) is 0 Å². The third-order valence-electron chi connectivity index (χ3n) is 7.71. The number of fused-ring (bicyclic) bond motifs is 3. The summed E-state index contributed by atoms with van der Waals surface area (Å²) >= 11 is 0. The van der Waals surface area contributed by atoms with Crippen LogP contribution in [0.2, 0.25) is 0 Å². The number of hydrogen-bond donors (Lipinski definition) is 1. The quantitative estimate of drug-likeness (QED) is 0.286. The first-order valence-corrected chi connectivity index (χ1v) is 13.8. The van der Waals surface area contributed by atoms with Gasteiger partial charge in [0, 0.05) is 18.0 Å². The molecule has 1 saturated heterocycles. The van der Waals surface area contributed by atoms with Crippen molar-refractivity contribution in [3.63, 3.8) is 0 Å². The molecular formula is C31H41N5. The van der Waals surface area contributed by atoms with Gasteiger partial charge in [-0.05, 0) is 83.7 Å². The third kappa shape index (κ3) is 4.86.